The lowest BCUT2D eigenvalue weighted by atomic mass is 9.94. The van der Waals surface area contributed by atoms with E-state index in [1.165, 1.54) is 12.0 Å². The van der Waals surface area contributed by atoms with Crippen LogP contribution < -0.4 is 9.64 Å². The van der Waals surface area contributed by atoms with Gasteiger partial charge in [-0.25, -0.2) is 0 Å². The number of methoxy groups -OCH3 is 1. The highest BCUT2D eigenvalue weighted by molar-refractivity contribution is 6.51. The van der Waals surface area contributed by atoms with Crippen LogP contribution in [-0.2, 0) is 9.59 Å². The zero-order chi connectivity index (χ0) is 23.9. The number of aliphatic hydroxyl groups is 1. The fourth-order valence-corrected chi connectivity index (χ4v) is 4.53. The molecule has 3 aromatic carbocycles. The Morgan fingerprint density at radius 3 is 2.30 bits per heavy atom. The fraction of sp³-hybridized carbons (Fsp3) is 0.185. The lowest BCUT2D eigenvalue weighted by Gasteiger charge is -2.26. The van der Waals surface area contributed by atoms with Gasteiger partial charge in [-0.05, 0) is 67.3 Å². The number of amides is 1. The number of rotatable bonds is 4. The quantitative estimate of drug-likeness (QED) is 0.298. The van der Waals surface area contributed by atoms with Gasteiger partial charge in [0, 0.05) is 5.69 Å². The van der Waals surface area contributed by atoms with Crippen molar-refractivity contribution in [2.45, 2.75) is 26.8 Å². The van der Waals surface area contributed by atoms with Crippen molar-refractivity contribution in [1.29, 1.82) is 0 Å². The number of ketones is 1. The molecule has 1 amide bonds. The molecule has 1 saturated heterocycles. The molecule has 5 nitrogen and oxygen atoms in total. The van der Waals surface area contributed by atoms with Gasteiger partial charge in [-0.2, -0.15) is 0 Å². The van der Waals surface area contributed by atoms with E-state index in [1.54, 1.807) is 12.1 Å². The number of hydrogen-bond acceptors (Lipinski definition) is 4. The van der Waals surface area contributed by atoms with Crippen molar-refractivity contribution < 1.29 is 19.4 Å². The molecule has 0 aromatic heterocycles. The monoisotopic (exact) mass is 461 g/mol. The first-order valence-corrected chi connectivity index (χ1v) is 10.9. The molecule has 0 aliphatic carbocycles. The van der Waals surface area contributed by atoms with Gasteiger partial charge in [0.15, 0.2) is 0 Å². The molecule has 1 fully saturated rings. The minimum atomic E-state index is -0.808. The maximum atomic E-state index is 13.3. The van der Waals surface area contributed by atoms with Crippen LogP contribution in [0.1, 0.15) is 33.9 Å². The molecule has 1 N–H and O–H groups in total. The van der Waals surface area contributed by atoms with Gasteiger partial charge >= 0.3 is 0 Å². The number of hydrogen-bond donors (Lipinski definition) is 1. The number of Topliss-reactive ketones (excluding diaryl/α,β-unsaturated/α-hetero) is 1. The highest BCUT2D eigenvalue weighted by atomic mass is 35.5. The van der Waals surface area contributed by atoms with Gasteiger partial charge in [0.1, 0.15) is 11.5 Å². The number of ether oxygens (including phenoxy) is 1. The van der Waals surface area contributed by atoms with E-state index in [2.05, 4.69) is 0 Å². The summed E-state index contributed by atoms with van der Waals surface area (Å²) in [6.07, 6.45) is 0. The van der Waals surface area contributed by atoms with Crippen LogP contribution in [-0.4, -0.2) is 23.9 Å². The Labute approximate surface area is 197 Å². The predicted octanol–water partition coefficient (Wildman–Crippen LogP) is 5.90. The van der Waals surface area contributed by atoms with E-state index >= 15 is 0 Å². The van der Waals surface area contributed by atoms with Gasteiger partial charge in [-0.1, -0.05) is 48.0 Å². The van der Waals surface area contributed by atoms with Gasteiger partial charge < -0.3 is 9.84 Å². The second-order valence-corrected chi connectivity index (χ2v) is 8.58. The van der Waals surface area contributed by atoms with Gasteiger partial charge in [0.2, 0.25) is 0 Å². The number of anilines is 1. The molecule has 1 atom stereocenters. The third-order valence-corrected chi connectivity index (χ3v) is 6.26. The number of nitrogens with zero attached hydrogens (tertiary/aromatic N) is 1. The van der Waals surface area contributed by atoms with E-state index in [0.29, 0.717) is 16.3 Å². The zero-order valence-corrected chi connectivity index (χ0v) is 19.6. The highest BCUT2D eigenvalue weighted by Crippen LogP contribution is 2.44. The SMILES string of the molecule is COc1c(Cl)cc(C)cc1/C(O)=C1\C(=O)C(=O)N(c2ccc(C)c(C)c2)C1c1ccccc1. The Bertz CT molecular complexity index is 1300. The van der Waals surface area contributed by atoms with Crippen LogP contribution in [0.25, 0.3) is 5.76 Å². The van der Waals surface area contributed by atoms with E-state index < -0.39 is 17.7 Å². The molecule has 1 heterocycles. The summed E-state index contributed by atoms with van der Waals surface area (Å²) in [6, 6.07) is 17.4. The normalized spacial score (nSPS) is 17.5. The number of carbonyl (C=O) groups excluding carboxylic acids is 2. The van der Waals surface area contributed by atoms with Crippen LogP contribution in [0.5, 0.6) is 5.75 Å². The van der Waals surface area contributed by atoms with Crippen molar-refractivity contribution in [2.24, 2.45) is 0 Å². The van der Waals surface area contributed by atoms with E-state index in [1.807, 2.05) is 69.3 Å². The Hall–Kier alpha value is -3.57. The van der Waals surface area contributed by atoms with Gasteiger partial charge in [0.25, 0.3) is 11.7 Å². The molecule has 3 aromatic rings. The molecule has 1 aliphatic heterocycles. The molecule has 33 heavy (non-hydrogen) atoms. The zero-order valence-electron chi connectivity index (χ0n) is 18.8. The molecule has 0 saturated carbocycles. The summed E-state index contributed by atoms with van der Waals surface area (Å²) >= 11 is 6.34. The molecule has 6 heteroatoms. The first-order valence-electron chi connectivity index (χ1n) is 10.5. The number of halogens is 1. The van der Waals surface area contributed by atoms with E-state index in [9.17, 15) is 14.7 Å². The number of carbonyl (C=O) groups is 2. The molecule has 0 radical (unpaired) electrons. The Balaban J connectivity index is 2.00. The smallest absolute Gasteiger partial charge is 0.300 e. The molecular formula is C27H24ClNO4. The van der Waals surface area contributed by atoms with Crippen molar-refractivity contribution in [1.82, 2.24) is 0 Å². The fourth-order valence-electron chi connectivity index (χ4n) is 4.18. The van der Waals surface area contributed by atoms with Crippen LogP contribution in [0.2, 0.25) is 5.02 Å². The summed E-state index contributed by atoms with van der Waals surface area (Å²) in [5.41, 5.74) is 4.39. The first-order chi connectivity index (χ1) is 15.7. The lowest BCUT2D eigenvalue weighted by molar-refractivity contribution is -0.132. The number of aliphatic hydroxyl groups excluding tert-OH is 1. The Kier molecular flexibility index (Phi) is 6.00. The van der Waals surface area contributed by atoms with Crippen LogP contribution in [0.3, 0.4) is 0 Å². The van der Waals surface area contributed by atoms with Crippen LogP contribution in [0.4, 0.5) is 5.69 Å². The summed E-state index contributed by atoms with van der Waals surface area (Å²) in [5, 5.41) is 11.7. The second-order valence-electron chi connectivity index (χ2n) is 8.18. The molecule has 0 spiro atoms. The standard InChI is InChI=1S/C27H24ClNO4/c1-15-12-20(26(33-4)21(28)13-15)24(30)22-23(18-8-6-5-7-9-18)29(27(32)25(22)31)19-11-10-16(2)17(3)14-19/h5-14,23,30H,1-4H3/b24-22+. The van der Waals surface area contributed by atoms with E-state index in [4.69, 9.17) is 16.3 Å². The molecule has 1 aliphatic rings. The predicted molar refractivity (Wildman–Crippen MR) is 130 cm³/mol. The van der Waals surface area contributed by atoms with E-state index in [0.717, 1.165) is 16.7 Å². The van der Waals surface area contributed by atoms with Crippen molar-refractivity contribution in [3.8, 4) is 5.75 Å². The molecular weight excluding hydrogens is 438 g/mol. The summed E-state index contributed by atoms with van der Waals surface area (Å²) in [6.45, 7) is 5.76. The van der Waals surface area contributed by atoms with Crippen molar-refractivity contribution >= 4 is 34.7 Å². The average Bonchev–Trinajstić information content (AvgIpc) is 3.06. The minimum Gasteiger partial charge on any atom is -0.507 e. The maximum Gasteiger partial charge on any atom is 0.300 e. The average molecular weight is 462 g/mol. The highest BCUT2D eigenvalue weighted by Gasteiger charge is 2.47. The molecule has 168 valence electrons. The number of benzene rings is 3. The number of aryl methyl sites for hydroxylation is 3. The largest absolute Gasteiger partial charge is 0.507 e. The minimum absolute atomic E-state index is 0.00982. The summed E-state index contributed by atoms with van der Waals surface area (Å²) < 4.78 is 5.42. The van der Waals surface area contributed by atoms with Gasteiger partial charge in [-0.15, -0.1) is 0 Å². The van der Waals surface area contributed by atoms with Gasteiger partial charge in [-0.3, -0.25) is 14.5 Å². The summed E-state index contributed by atoms with van der Waals surface area (Å²) in [7, 11) is 1.44. The Morgan fingerprint density at radius 2 is 1.67 bits per heavy atom. The molecule has 0 bridgehead atoms. The van der Waals surface area contributed by atoms with Crippen LogP contribution in [0, 0.1) is 20.8 Å². The first kappa shape index (κ1) is 22.6. The van der Waals surface area contributed by atoms with E-state index in [-0.39, 0.29) is 22.6 Å². The van der Waals surface area contributed by atoms with Crippen molar-refractivity contribution in [2.75, 3.05) is 12.0 Å². The van der Waals surface area contributed by atoms with Crippen molar-refractivity contribution in [3.05, 3.63) is 99.1 Å². The van der Waals surface area contributed by atoms with Crippen molar-refractivity contribution in [3.63, 3.8) is 0 Å². The Morgan fingerprint density at radius 1 is 0.970 bits per heavy atom. The molecule has 1 unspecified atom stereocenters. The molecule has 4 rings (SSSR count). The second kappa shape index (κ2) is 8.75. The van der Waals surface area contributed by atoms with Crippen LogP contribution in [0.15, 0.2) is 66.2 Å². The maximum absolute atomic E-state index is 13.3. The van der Waals surface area contributed by atoms with Crippen LogP contribution >= 0.6 is 11.6 Å². The van der Waals surface area contributed by atoms with Gasteiger partial charge in [0.05, 0.1) is 29.3 Å². The topological polar surface area (TPSA) is 66.8 Å². The third kappa shape index (κ3) is 3.89. The lowest BCUT2D eigenvalue weighted by Crippen LogP contribution is -2.29. The third-order valence-electron chi connectivity index (χ3n) is 5.98. The summed E-state index contributed by atoms with van der Waals surface area (Å²) in [4.78, 5) is 28.1. The summed E-state index contributed by atoms with van der Waals surface area (Å²) in [5.74, 6) is -1.55.